The maximum atomic E-state index is 6.28. The number of thioether (sulfide) groups is 1. The van der Waals surface area contributed by atoms with Crippen molar-refractivity contribution in [1.82, 2.24) is 14.9 Å². The van der Waals surface area contributed by atoms with Crippen molar-refractivity contribution in [3.8, 4) is 0 Å². The standard InChI is InChI=1S/C15H24N4S/c1-15(2)6-11(16)10-8-17-14(18-12(10)7-15)13-9-20-5-4-19(13)3/h8,11,13H,4-7,9,16H2,1-3H3. The molecule has 2 aliphatic rings. The van der Waals surface area contributed by atoms with Crippen LogP contribution in [0.25, 0.3) is 0 Å². The van der Waals surface area contributed by atoms with Crippen LogP contribution in [0.15, 0.2) is 6.20 Å². The van der Waals surface area contributed by atoms with Crippen molar-refractivity contribution in [1.29, 1.82) is 0 Å². The average Bonchev–Trinajstić information content (AvgIpc) is 2.37. The number of hydrogen-bond donors (Lipinski definition) is 1. The van der Waals surface area contributed by atoms with Crippen LogP contribution in [0, 0.1) is 5.41 Å². The number of nitrogens with zero attached hydrogens (tertiary/aromatic N) is 3. The van der Waals surface area contributed by atoms with Gasteiger partial charge in [0.05, 0.1) is 6.04 Å². The highest BCUT2D eigenvalue weighted by atomic mass is 32.2. The molecule has 0 radical (unpaired) electrons. The number of aromatic nitrogens is 2. The van der Waals surface area contributed by atoms with Crippen LogP contribution in [-0.2, 0) is 6.42 Å². The first-order valence-corrected chi connectivity index (χ1v) is 8.51. The van der Waals surface area contributed by atoms with E-state index < -0.39 is 0 Å². The summed E-state index contributed by atoms with van der Waals surface area (Å²) in [4.78, 5) is 11.9. The molecule has 0 spiro atoms. The summed E-state index contributed by atoms with van der Waals surface area (Å²) in [6.45, 7) is 5.67. The largest absolute Gasteiger partial charge is 0.324 e. The van der Waals surface area contributed by atoms with Crippen molar-refractivity contribution in [3.63, 3.8) is 0 Å². The van der Waals surface area contributed by atoms with Gasteiger partial charge in [0.25, 0.3) is 0 Å². The molecule has 0 saturated carbocycles. The first-order chi connectivity index (χ1) is 9.46. The second-order valence-electron chi connectivity index (χ2n) is 6.85. The lowest BCUT2D eigenvalue weighted by Gasteiger charge is -2.36. The molecule has 2 atom stereocenters. The van der Waals surface area contributed by atoms with Crippen LogP contribution in [0.4, 0.5) is 0 Å². The highest BCUT2D eigenvalue weighted by molar-refractivity contribution is 7.99. The number of fused-ring (bicyclic) bond motifs is 1. The minimum absolute atomic E-state index is 0.0845. The Hall–Kier alpha value is -0.650. The molecule has 0 amide bonds. The third-order valence-electron chi connectivity index (χ3n) is 4.43. The smallest absolute Gasteiger partial charge is 0.146 e. The van der Waals surface area contributed by atoms with E-state index in [0.29, 0.717) is 6.04 Å². The van der Waals surface area contributed by atoms with Gasteiger partial charge in [-0.15, -0.1) is 0 Å². The topological polar surface area (TPSA) is 55.0 Å². The monoisotopic (exact) mass is 292 g/mol. The van der Waals surface area contributed by atoms with Crippen LogP contribution >= 0.6 is 11.8 Å². The van der Waals surface area contributed by atoms with Crippen LogP contribution in [0.5, 0.6) is 0 Å². The minimum Gasteiger partial charge on any atom is -0.324 e. The van der Waals surface area contributed by atoms with Crippen LogP contribution < -0.4 is 5.73 Å². The first-order valence-electron chi connectivity index (χ1n) is 7.35. The van der Waals surface area contributed by atoms with Gasteiger partial charge in [0.1, 0.15) is 5.82 Å². The number of rotatable bonds is 1. The molecule has 1 aliphatic carbocycles. The Balaban J connectivity index is 1.92. The molecule has 0 aromatic carbocycles. The van der Waals surface area contributed by atoms with Gasteiger partial charge in [-0.25, -0.2) is 9.97 Å². The van der Waals surface area contributed by atoms with Crippen molar-refractivity contribution >= 4 is 11.8 Å². The Morgan fingerprint density at radius 2 is 2.25 bits per heavy atom. The highest BCUT2D eigenvalue weighted by Crippen LogP contribution is 2.39. The number of hydrogen-bond acceptors (Lipinski definition) is 5. The van der Waals surface area contributed by atoms with Crippen molar-refractivity contribution in [2.45, 2.75) is 38.8 Å². The Morgan fingerprint density at radius 1 is 1.45 bits per heavy atom. The van der Waals surface area contributed by atoms with Gasteiger partial charge in [0.15, 0.2) is 0 Å². The lowest BCUT2D eigenvalue weighted by atomic mass is 9.74. The second kappa shape index (κ2) is 5.28. The fraction of sp³-hybridized carbons (Fsp3) is 0.733. The summed E-state index contributed by atoms with van der Waals surface area (Å²) >= 11 is 1.99. The predicted octanol–water partition coefficient (Wildman–Crippen LogP) is 2.17. The Morgan fingerprint density at radius 3 is 3.00 bits per heavy atom. The summed E-state index contributed by atoms with van der Waals surface area (Å²) in [6.07, 6.45) is 4.00. The van der Waals surface area contributed by atoms with Crippen LogP contribution in [0.3, 0.4) is 0 Å². The zero-order valence-electron chi connectivity index (χ0n) is 12.6. The molecule has 1 aromatic heterocycles. The molecule has 1 aromatic rings. The Labute approximate surface area is 125 Å². The van der Waals surface area contributed by atoms with E-state index in [1.54, 1.807) is 0 Å². The summed E-state index contributed by atoms with van der Waals surface area (Å²) in [5, 5.41) is 0. The van der Waals surface area contributed by atoms with Crippen LogP contribution in [0.1, 0.15) is 49.4 Å². The fourth-order valence-electron chi connectivity index (χ4n) is 3.24. The van der Waals surface area contributed by atoms with Crippen molar-refractivity contribution in [3.05, 3.63) is 23.3 Å². The summed E-state index contributed by atoms with van der Waals surface area (Å²) in [7, 11) is 2.17. The van der Waals surface area contributed by atoms with Gasteiger partial charge in [-0.05, 0) is 25.3 Å². The Bertz CT molecular complexity index is 503. The second-order valence-corrected chi connectivity index (χ2v) is 8.00. The molecule has 1 saturated heterocycles. The van der Waals surface area contributed by atoms with E-state index >= 15 is 0 Å². The first kappa shape index (κ1) is 14.3. The van der Waals surface area contributed by atoms with Gasteiger partial charge < -0.3 is 5.73 Å². The van der Waals surface area contributed by atoms with Crippen molar-refractivity contribution < 1.29 is 0 Å². The molecule has 2 unspecified atom stereocenters. The molecular formula is C15H24N4S. The lowest BCUT2D eigenvalue weighted by molar-refractivity contribution is 0.256. The highest BCUT2D eigenvalue weighted by Gasteiger charge is 2.33. The van der Waals surface area contributed by atoms with Crippen LogP contribution in [-0.4, -0.2) is 40.0 Å². The summed E-state index contributed by atoms with van der Waals surface area (Å²) in [5.41, 5.74) is 8.85. The van der Waals surface area contributed by atoms with Crippen molar-refractivity contribution in [2.24, 2.45) is 11.1 Å². The zero-order valence-corrected chi connectivity index (χ0v) is 13.4. The number of nitrogens with two attached hydrogens (primary N) is 1. The maximum absolute atomic E-state index is 6.28. The van der Waals surface area contributed by atoms with Crippen LogP contribution in [0.2, 0.25) is 0 Å². The van der Waals surface area contributed by atoms with Gasteiger partial charge in [-0.3, -0.25) is 4.90 Å². The SMILES string of the molecule is CN1CCSCC1c1ncc2c(n1)CC(C)(C)CC2N. The molecule has 3 rings (SSSR count). The van der Waals surface area contributed by atoms with E-state index in [-0.39, 0.29) is 11.5 Å². The summed E-state index contributed by atoms with van der Waals surface area (Å²) in [5.74, 6) is 3.27. The summed E-state index contributed by atoms with van der Waals surface area (Å²) in [6, 6.07) is 0.432. The quantitative estimate of drug-likeness (QED) is 0.859. The maximum Gasteiger partial charge on any atom is 0.146 e. The van der Waals surface area contributed by atoms with Crippen molar-refractivity contribution in [2.75, 3.05) is 25.1 Å². The van der Waals surface area contributed by atoms with E-state index in [0.717, 1.165) is 36.5 Å². The average molecular weight is 292 g/mol. The molecule has 5 heteroatoms. The molecule has 2 heterocycles. The van der Waals surface area contributed by atoms with E-state index in [1.165, 1.54) is 11.4 Å². The molecular weight excluding hydrogens is 268 g/mol. The minimum atomic E-state index is 0.0845. The molecule has 1 fully saturated rings. The van der Waals surface area contributed by atoms with Gasteiger partial charge in [-0.2, -0.15) is 11.8 Å². The fourth-order valence-corrected chi connectivity index (χ4v) is 4.45. The summed E-state index contributed by atoms with van der Waals surface area (Å²) < 4.78 is 0. The third-order valence-corrected chi connectivity index (χ3v) is 5.45. The van der Waals surface area contributed by atoms with Gasteiger partial charge in [-0.1, -0.05) is 13.8 Å². The van der Waals surface area contributed by atoms with E-state index in [1.807, 2.05) is 18.0 Å². The van der Waals surface area contributed by atoms with Gasteiger partial charge in [0, 0.05) is 41.5 Å². The third kappa shape index (κ3) is 2.71. The lowest BCUT2D eigenvalue weighted by Crippen LogP contribution is -2.35. The molecule has 0 bridgehead atoms. The van der Waals surface area contributed by atoms with E-state index in [2.05, 4.69) is 30.8 Å². The molecule has 2 N–H and O–H groups in total. The van der Waals surface area contributed by atoms with E-state index in [9.17, 15) is 0 Å². The predicted molar refractivity (Wildman–Crippen MR) is 83.8 cm³/mol. The zero-order chi connectivity index (χ0) is 14.3. The Kier molecular flexibility index (Phi) is 3.77. The normalized spacial score (nSPS) is 30.0. The molecule has 20 heavy (non-hydrogen) atoms. The molecule has 1 aliphatic heterocycles. The van der Waals surface area contributed by atoms with E-state index in [4.69, 9.17) is 10.7 Å². The molecule has 110 valence electrons. The molecule has 4 nitrogen and oxygen atoms in total. The van der Waals surface area contributed by atoms with Gasteiger partial charge >= 0.3 is 0 Å². The van der Waals surface area contributed by atoms with Gasteiger partial charge in [0.2, 0.25) is 0 Å².